The minimum Gasteiger partial charge on any atom is -0.543 e. The number of benzene rings is 1. The van der Waals surface area contributed by atoms with Gasteiger partial charge in [0.1, 0.15) is 18.5 Å². The first-order valence-electron chi connectivity index (χ1n) is 10.9. The molecule has 1 unspecified atom stereocenters. The summed E-state index contributed by atoms with van der Waals surface area (Å²) in [5, 5.41) is 22.8. The van der Waals surface area contributed by atoms with E-state index in [0.29, 0.717) is 17.0 Å². The van der Waals surface area contributed by atoms with Gasteiger partial charge in [0.2, 0.25) is 11.5 Å². The van der Waals surface area contributed by atoms with Gasteiger partial charge in [-0.1, -0.05) is 16.4 Å². The van der Waals surface area contributed by atoms with Gasteiger partial charge in [0, 0.05) is 33.9 Å². The lowest BCUT2D eigenvalue weighted by Crippen LogP contribution is -2.71. The quantitative estimate of drug-likeness (QED) is 0.103. The number of amides is 2. The first-order valence-corrected chi connectivity index (χ1v) is 11.9. The normalized spacial score (nSPS) is 19.4. The predicted molar refractivity (Wildman–Crippen MR) is 128 cm³/mol. The van der Waals surface area contributed by atoms with Crippen molar-refractivity contribution >= 4 is 57.7 Å². The molecule has 4 heterocycles. The Kier molecular flexibility index (Phi) is 6.12. The molecule has 2 aliphatic rings. The van der Waals surface area contributed by atoms with Gasteiger partial charge in [-0.15, -0.1) is 11.8 Å². The predicted octanol–water partition coefficient (Wildman–Crippen LogP) is -1.87. The monoisotopic (exact) mass is 524 g/mol. The number of carboxylic acids is 1. The molecule has 0 bridgehead atoms. The summed E-state index contributed by atoms with van der Waals surface area (Å²) < 4.78 is 6.47. The molecule has 1 saturated heterocycles. The molecule has 190 valence electrons. The van der Waals surface area contributed by atoms with Crippen LogP contribution in [0.15, 0.2) is 57.6 Å². The van der Waals surface area contributed by atoms with Crippen molar-refractivity contribution in [1.29, 1.82) is 0 Å². The number of rotatable bonds is 7. The van der Waals surface area contributed by atoms with Gasteiger partial charge >= 0.3 is 6.01 Å². The van der Waals surface area contributed by atoms with E-state index in [1.54, 1.807) is 12.3 Å². The molecule has 3 aromatic rings. The van der Waals surface area contributed by atoms with Crippen LogP contribution in [-0.4, -0.2) is 62.8 Å². The number of oxime groups is 1. The van der Waals surface area contributed by atoms with Gasteiger partial charge < -0.3 is 36.0 Å². The number of nitrogen functional groups attached to an aromatic ring is 2. The van der Waals surface area contributed by atoms with E-state index in [1.165, 1.54) is 18.9 Å². The minimum atomic E-state index is -1.48. The number of fused-ring (bicyclic) bond motifs is 2. The number of nitrogens with one attached hydrogen (secondary N) is 1. The molecule has 0 saturated carbocycles. The number of anilines is 2. The van der Waals surface area contributed by atoms with Crippen LogP contribution in [0.25, 0.3) is 10.8 Å². The summed E-state index contributed by atoms with van der Waals surface area (Å²) in [4.78, 5) is 47.4. The summed E-state index contributed by atoms with van der Waals surface area (Å²) in [5.74, 6) is -2.84. The topological polar surface area (TPSA) is 206 Å². The zero-order valence-electron chi connectivity index (χ0n) is 19.3. The van der Waals surface area contributed by atoms with E-state index >= 15 is 0 Å². The van der Waals surface area contributed by atoms with E-state index in [2.05, 4.69) is 30.0 Å². The van der Waals surface area contributed by atoms with Crippen LogP contribution in [0.3, 0.4) is 0 Å². The summed E-state index contributed by atoms with van der Waals surface area (Å²) in [6.07, 6.45) is 3.64. The first kappa shape index (κ1) is 24.1. The molecule has 2 aromatic heterocycles. The van der Waals surface area contributed by atoms with Crippen molar-refractivity contribution in [2.75, 3.05) is 24.3 Å². The number of nitrogens with two attached hydrogens (primary N) is 2. The average molecular weight is 525 g/mol. The lowest BCUT2D eigenvalue weighted by atomic mass is 10.0. The summed E-state index contributed by atoms with van der Waals surface area (Å²) in [6.45, 7) is 0.221. The van der Waals surface area contributed by atoms with Crippen molar-refractivity contribution in [2.24, 2.45) is 5.16 Å². The summed E-state index contributed by atoms with van der Waals surface area (Å²) in [5.41, 5.74) is 12.0. The van der Waals surface area contributed by atoms with E-state index in [4.69, 9.17) is 11.5 Å². The van der Waals surface area contributed by atoms with Crippen molar-refractivity contribution in [2.45, 2.75) is 18.0 Å². The number of carbonyl (C=O) groups is 3. The van der Waals surface area contributed by atoms with Crippen molar-refractivity contribution in [3.05, 3.63) is 53.8 Å². The molecule has 2 atom stereocenters. The van der Waals surface area contributed by atoms with Crippen LogP contribution in [0.2, 0.25) is 0 Å². The van der Waals surface area contributed by atoms with Crippen LogP contribution in [-0.2, 0) is 25.8 Å². The Labute approximate surface area is 212 Å². The van der Waals surface area contributed by atoms with Crippen LogP contribution in [0.5, 0.6) is 0 Å². The van der Waals surface area contributed by atoms with Crippen molar-refractivity contribution in [1.82, 2.24) is 20.4 Å². The number of carboxylic acid groups (broad SMARTS) is 1. The van der Waals surface area contributed by atoms with Crippen LogP contribution in [0.1, 0.15) is 5.82 Å². The molecule has 0 aliphatic carbocycles. The lowest BCUT2D eigenvalue weighted by molar-refractivity contribution is -0.687. The van der Waals surface area contributed by atoms with Crippen molar-refractivity contribution < 1.29 is 33.4 Å². The fraction of sp³-hybridized carbons (Fsp3) is 0.227. The molecular formula is C22H20N8O6S. The highest BCUT2D eigenvalue weighted by atomic mass is 32.2. The van der Waals surface area contributed by atoms with Gasteiger partial charge in [-0.2, -0.15) is 4.98 Å². The minimum absolute atomic E-state index is 0.212. The van der Waals surface area contributed by atoms with Crippen molar-refractivity contribution in [3.8, 4) is 0 Å². The molecule has 37 heavy (non-hydrogen) atoms. The van der Waals surface area contributed by atoms with Crippen LogP contribution in [0.4, 0.5) is 11.7 Å². The summed E-state index contributed by atoms with van der Waals surface area (Å²) in [7, 11) is 1.21. The first-order chi connectivity index (χ1) is 17.8. The summed E-state index contributed by atoms with van der Waals surface area (Å²) >= 11 is 1.31. The molecule has 0 radical (unpaired) electrons. The van der Waals surface area contributed by atoms with Gasteiger partial charge in [0.25, 0.3) is 11.8 Å². The number of pyridine rings is 1. The van der Waals surface area contributed by atoms with Gasteiger partial charge in [-0.3, -0.25) is 14.5 Å². The lowest BCUT2D eigenvalue weighted by Gasteiger charge is -2.50. The molecule has 5 N–H and O–H groups in total. The number of hydrogen-bond acceptors (Lipinski definition) is 12. The summed E-state index contributed by atoms with van der Waals surface area (Å²) in [6, 6.07) is 6.07. The number of aromatic nitrogens is 3. The standard InChI is InChI=1S/C22H20N8O6S/c1-35-27-14(17-26-22(24)36-28-17)18(31)25-15-19(32)30-16(21(33)34)11(9-37-20(15)30)8-29-6-5-12-10(7-29)3-2-4-13(12)23/h2-7,15,20H,8-9,23H2,1H3,(H3-,24,25,26,28,31,33,34)/t15?,20-/m1/s1. The Bertz CT molecular complexity index is 1500. The number of aliphatic carboxylic acids is 1. The zero-order valence-corrected chi connectivity index (χ0v) is 20.1. The van der Waals surface area contributed by atoms with Crippen molar-refractivity contribution in [3.63, 3.8) is 0 Å². The highest BCUT2D eigenvalue weighted by molar-refractivity contribution is 8.00. The van der Waals surface area contributed by atoms with E-state index in [-0.39, 0.29) is 29.8 Å². The van der Waals surface area contributed by atoms with Crippen LogP contribution in [0, 0.1) is 0 Å². The highest BCUT2D eigenvalue weighted by Crippen LogP contribution is 2.40. The average Bonchev–Trinajstić information content (AvgIpc) is 3.31. The molecule has 2 amide bonds. The van der Waals surface area contributed by atoms with E-state index < -0.39 is 29.2 Å². The third kappa shape index (κ3) is 4.29. The Hall–Kier alpha value is -4.66. The van der Waals surface area contributed by atoms with Gasteiger partial charge in [-0.05, 0) is 12.1 Å². The number of carbonyl (C=O) groups excluding carboxylic acids is 3. The number of β-lactam (4-membered cyclic amide) rings is 1. The maximum absolute atomic E-state index is 13.0. The molecule has 14 nitrogen and oxygen atoms in total. The Balaban J connectivity index is 1.36. The number of thioether (sulfide) groups is 1. The Morgan fingerprint density at radius 3 is 2.89 bits per heavy atom. The molecule has 2 aliphatic heterocycles. The Morgan fingerprint density at radius 1 is 1.38 bits per heavy atom. The SMILES string of the molecule is CON=C(C(=O)NC1C(=O)N2C(C(=O)[O-])=C(C[n+]3ccc4c(N)cccc4c3)CS[C@H]12)c1noc(N)n1. The largest absolute Gasteiger partial charge is 0.543 e. The molecule has 5 rings (SSSR count). The molecular weight excluding hydrogens is 504 g/mol. The second-order valence-electron chi connectivity index (χ2n) is 8.15. The highest BCUT2D eigenvalue weighted by Gasteiger charge is 2.53. The number of hydrogen-bond donors (Lipinski definition) is 3. The van der Waals surface area contributed by atoms with Crippen LogP contribution >= 0.6 is 11.8 Å². The molecule has 15 heteroatoms. The third-order valence-corrected chi connectivity index (χ3v) is 7.20. The van der Waals surface area contributed by atoms with E-state index in [1.807, 2.05) is 29.0 Å². The maximum Gasteiger partial charge on any atom is 0.319 e. The molecule has 1 aromatic carbocycles. The Morgan fingerprint density at radius 2 is 2.19 bits per heavy atom. The fourth-order valence-electron chi connectivity index (χ4n) is 4.23. The maximum atomic E-state index is 13.0. The second-order valence-corrected chi connectivity index (χ2v) is 9.25. The van der Waals surface area contributed by atoms with Gasteiger partial charge in [0.05, 0.1) is 11.7 Å². The smallest absolute Gasteiger partial charge is 0.319 e. The van der Waals surface area contributed by atoms with Crippen LogP contribution < -0.4 is 26.5 Å². The van der Waals surface area contributed by atoms with E-state index in [0.717, 1.165) is 15.7 Å². The van der Waals surface area contributed by atoms with Gasteiger partial charge in [-0.25, -0.2) is 4.57 Å². The molecule has 0 spiro atoms. The molecule has 1 fully saturated rings. The van der Waals surface area contributed by atoms with Gasteiger partial charge in [0.15, 0.2) is 18.9 Å². The fourth-order valence-corrected chi connectivity index (χ4v) is 5.56. The second kappa shape index (κ2) is 9.42. The van der Waals surface area contributed by atoms with E-state index in [9.17, 15) is 19.5 Å². The zero-order chi connectivity index (χ0) is 26.3. The third-order valence-electron chi connectivity index (χ3n) is 5.86. The number of nitrogens with zero attached hydrogens (tertiary/aromatic N) is 5.